The number of ether oxygens (including phenoxy) is 2. The SMILES string of the molecule is C[C@@H]1C[C@H](O)[C@H]2OC(C)(C)O[C@H]21. The minimum atomic E-state index is -0.509. The van der Waals surface area contributed by atoms with Crippen LogP contribution in [-0.4, -0.2) is 29.2 Å². The average molecular weight is 172 g/mol. The van der Waals surface area contributed by atoms with Gasteiger partial charge in [0.25, 0.3) is 0 Å². The summed E-state index contributed by atoms with van der Waals surface area (Å²) in [5, 5.41) is 9.60. The first-order chi connectivity index (χ1) is 5.49. The van der Waals surface area contributed by atoms with Crippen LogP contribution in [0.15, 0.2) is 0 Å². The minimum absolute atomic E-state index is 0.0926. The summed E-state index contributed by atoms with van der Waals surface area (Å²) in [5.41, 5.74) is 0. The van der Waals surface area contributed by atoms with Gasteiger partial charge in [0.05, 0.1) is 12.2 Å². The van der Waals surface area contributed by atoms with Crippen LogP contribution in [0.5, 0.6) is 0 Å². The molecule has 0 aromatic heterocycles. The molecule has 2 aliphatic rings. The molecular formula is C9H16O3. The van der Waals surface area contributed by atoms with E-state index in [1.54, 1.807) is 0 Å². The molecule has 1 heterocycles. The topological polar surface area (TPSA) is 38.7 Å². The fourth-order valence-electron chi connectivity index (χ4n) is 2.20. The van der Waals surface area contributed by atoms with Gasteiger partial charge in [-0.05, 0) is 26.2 Å². The van der Waals surface area contributed by atoms with E-state index in [4.69, 9.17) is 9.47 Å². The predicted molar refractivity (Wildman–Crippen MR) is 43.6 cm³/mol. The Bertz CT molecular complexity index is 172. The molecule has 2 fully saturated rings. The number of hydrogen-bond donors (Lipinski definition) is 1. The summed E-state index contributed by atoms with van der Waals surface area (Å²) in [6, 6.07) is 0. The largest absolute Gasteiger partial charge is 0.390 e. The van der Waals surface area contributed by atoms with Gasteiger partial charge in [-0.2, -0.15) is 0 Å². The first-order valence-corrected chi connectivity index (χ1v) is 4.53. The number of hydrogen-bond acceptors (Lipinski definition) is 3. The van der Waals surface area contributed by atoms with Crippen LogP contribution in [0, 0.1) is 5.92 Å². The summed E-state index contributed by atoms with van der Waals surface area (Å²) >= 11 is 0. The van der Waals surface area contributed by atoms with Crippen LogP contribution in [0.4, 0.5) is 0 Å². The van der Waals surface area contributed by atoms with Crippen molar-refractivity contribution in [2.75, 3.05) is 0 Å². The highest BCUT2D eigenvalue weighted by molar-refractivity contribution is 4.96. The van der Waals surface area contributed by atoms with Crippen LogP contribution < -0.4 is 0 Å². The zero-order valence-corrected chi connectivity index (χ0v) is 7.78. The van der Waals surface area contributed by atoms with E-state index in [0.717, 1.165) is 6.42 Å². The van der Waals surface area contributed by atoms with Crippen LogP contribution in [0.3, 0.4) is 0 Å². The van der Waals surface area contributed by atoms with Gasteiger partial charge in [-0.25, -0.2) is 0 Å². The van der Waals surface area contributed by atoms with Crippen molar-refractivity contribution in [1.29, 1.82) is 0 Å². The van der Waals surface area contributed by atoms with Crippen molar-refractivity contribution in [1.82, 2.24) is 0 Å². The fraction of sp³-hybridized carbons (Fsp3) is 1.00. The van der Waals surface area contributed by atoms with E-state index >= 15 is 0 Å². The van der Waals surface area contributed by atoms with Crippen LogP contribution in [0.25, 0.3) is 0 Å². The van der Waals surface area contributed by atoms with Gasteiger partial charge < -0.3 is 14.6 Å². The van der Waals surface area contributed by atoms with Gasteiger partial charge in [0.2, 0.25) is 0 Å². The van der Waals surface area contributed by atoms with Crippen molar-refractivity contribution in [2.24, 2.45) is 5.92 Å². The van der Waals surface area contributed by atoms with Crippen LogP contribution in [0.2, 0.25) is 0 Å². The Morgan fingerprint density at radius 1 is 1.25 bits per heavy atom. The highest BCUT2D eigenvalue weighted by atomic mass is 16.8. The Morgan fingerprint density at radius 2 is 1.83 bits per heavy atom. The molecule has 0 radical (unpaired) electrons. The van der Waals surface area contributed by atoms with Crippen molar-refractivity contribution < 1.29 is 14.6 Å². The van der Waals surface area contributed by atoms with Gasteiger partial charge in [-0.1, -0.05) is 6.92 Å². The second-order valence-corrected chi connectivity index (χ2v) is 4.35. The molecule has 3 nitrogen and oxygen atoms in total. The summed E-state index contributed by atoms with van der Waals surface area (Å²) in [6.45, 7) is 5.88. The fourth-order valence-corrected chi connectivity index (χ4v) is 2.20. The van der Waals surface area contributed by atoms with Crippen LogP contribution >= 0.6 is 0 Å². The molecule has 1 saturated heterocycles. The molecule has 0 unspecified atom stereocenters. The lowest BCUT2D eigenvalue weighted by atomic mass is 10.1. The zero-order valence-electron chi connectivity index (χ0n) is 7.78. The summed E-state index contributed by atoms with van der Waals surface area (Å²) in [5.74, 6) is -0.0999. The summed E-state index contributed by atoms with van der Waals surface area (Å²) in [4.78, 5) is 0. The lowest BCUT2D eigenvalue weighted by molar-refractivity contribution is -0.165. The average Bonchev–Trinajstić information content (AvgIpc) is 2.34. The molecule has 70 valence electrons. The van der Waals surface area contributed by atoms with E-state index in [0.29, 0.717) is 5.92 Å². The maximum Gasteiger partial charge on any atom is 0.163 e. The first-order valence-electron chi connectivity index (χ1n) is 4.53. The Morgan fingerprint density at radius 3 is 2.42 bits per heavy atom. The van der Waals surface area contributed by atoms with Crippen molar-refractivity contribution in [2.45, 2.75) is 51.3 Å². The number of rotatable bonds is 0. The van der Waals surface area contributed by atoms with Crippen molar-refractivity contribution in [3.05, 3.63) is 0 Å². The second kappa shape index (κ2) is 2.44. The van der Waals surface area contributed by atoms with Gasteiger partial charge in [0.15, 0.2) is 5.79 Å². The molecule has 1 aliphatic heterocycles. The molecule has 1 N–H and O–H groups in total. The van der Waals surface area contributed by atoms with Gasteiger partial charge >= 0.3 is 0 Å². The van der Waals surface area contributed by atoms with E-state index in [1.807, 2.05) is 13.8 Å². The second-order valence-electron chi connectivity index (χ2n) is 4.35. The first kappa shape index (κ1) is 8.48. The molecule has 4 atom stereocenters. The molecule has 1 saturated carbocycles. The van der Waals surface area contributed by atoms with E-state index in [2.05, 4.69) is 6.92 Å². The molecule has 0 bridgehead atoms. The van der Waals surface area contributed by atoms with Crippen molar-refractivity contribution in [3.63, 3.8) is 0 Å². The summed E-state index contributed by atoms with van der Waals surface area (Å²) < 4.78 is 11.3. The quantitative estimate of drug-likeness (QED) is 0.590. The maximum atomic E-state index is 9.60. The summed E-state index contributed by atoms with van der Waals surface area (Å²) in [6.07, 6.45) is 0.447. The normalized spacial score (nSPS) is 51.0. The molecule has 3 heteroatoms. The molecule has 12 heavy (non-hydrogen) atoms. The minimum Gasteiger partial charge on any atom is -0.390 e. The van der Waals surface area contributed by atoms with Crippen molar-refractivity contribution >= 4 is 0 Å². The molecule has 2 rings (SSSR count). The smallest absolute Gasteiger partial charge is 0.163 e. The van der Waals surface area contributed by atoms with Gasteiger partial charge in [0.1, 0.15) is 6.10 Å². The lowest BCUT2D eigenvalue weighted by Crippen LogP contribution is -2.28. The third kappa shape index (κ3) is 1.16. The van der Waals surface area contributed by atoms with Crippen molar-refractivity contribution in [3.8, 4) is 0 Å². The Hall–Kier alpha value is -0.120. The predicted octanol–water partition coefficient (Wildman–Crippen LogP) is 0.907. The lowest BCUT2D eigenvalue weighted by Gasteiger charge is -2.20. The third-order valence-electron chi connectivity index (χ3n) is 2.72. The molecular weight excluding hydrogens is 156 g/mol. The molecule has 0 amide bonds. The summed E-state index contributed by atoms with van der Waals surface area (Å²) in [7, 11) is 0. The third-order valence-corrected chi connectivity index (χ3v) is 2.72. The molecule has 1 aliphatic carbocycles. The van der Waals surface area contributed by atoms with E-state index < -0.39 is 5.79 Å². The number of aliphatic hydroxyl groups excluding tert-OH is 1. The van der Waals surface area contributed by atoms with Gasteiger partial charge in [-0.3, -0.25) is 0 Å². The monoisotopic (exact) mass is 172 g/mol. The number of aliphatic hydroxyl groups is 1. The van der Waals surface area contributed by atoms with Crippen LogP contribution in [0.1, 0.15) is 27.2 Å². The maximum absolute atomic E-state index is 9.60. The molecule has 0 aromatic rings. The highest BCUT2D eigenvalue weighted by Gasteiger charge is 2.51. The Kier molecular flexibility index (Phi) is 1.72. The van der Waals surface area contributed by atoms with E-state index in [9.17, 15) is 5.11 Å². The van der Waals surface area contributed by atoms with Crippen LogP contribution in [-0.2, 0) is 9.47 Å². The molecule has 0 spiro atoms. The standard InChI is InChI=1S/C9H16O3/c1-5-4-6(10)8-7(5)11-9(2,3)12-8/h5-8,10H,4H2,1-3H3/t5-,6+,7+,8-/m1/s1. The van der Waals surface area contributed by atoms with E-state index in [-0.39, 0.29) is 18.3 Å². The van der Waals surface area contributed by atoms with E-state index in [1.165, 1.54) is 0 Å². The molecule has 0 aromatic carbocycles. The number of fused-ring (bicyclic) bond motifs is 1. The Balaban J connectivity index is 2.15. The highest BCUT2D eigenvalue weighted by Crippen LogP contribution is 2.41. The zero-order chi connectivity index (χ0) is 8.93. The Labute approximate surface area is 72.7 Å². The van der Waals surface area contributed by atoms with Gasteiger partial charge in [-0.15, -0.1) is 0 Å². The van der Waals surface area contributed by atoms with Gasteiger partial charge in [0, 0.05) is 0 Å².